The van der Waals surface area contributed by atoms with Gasteiger partial charge in [0.1, 0.15) is 0 Å². The minimum Gasteiger partial charge on any atom is -0.481 e. The van der Waals surface area contributed by atoms with Crippen molar-refractivity contribution in [2.45, 2.75) is 39.5 Å². The Balaban J connectivity index is 2.07. The van der Waals surface area contributed by atoms with Crippen molar-refractivity contribution >= 4 is 17.3 Å². The van der Waals surface area contributed by atoms with E-state index in [0.717, 1.165) is 32.4 Å². The monoisotopic (exact) mass is 269 g/mol. The normalized spacial score (nSPS) is 11.7. The molecule has 1 rings (SSSR count). The van der Waals surface area contributed by atoms with E-state index in [1.807, 2.05) is 0 Å². The van der Waals surface area contributed by atoms with Gasteiger partial charge >= 0.3 is 5.97 Å². The van der Waals surface area contributed by atoms with E-state index in [0.29, 0.717) is 0 Å². The highest BCUT2D eigenvalue weighted by Crippen LogP contribution is 2.25. The molecule has 0 saturated carbocycles. The van der Waals surface area contributed by atoms with Crippen LogP contribution in [0, 0.1) is 5.41 Å². The molecular weight excluding hydrogens is 246 g/mol. The third-order valence-electron chi connectivity index (χ3n) is 3.12. The zero-order chi connectivity index (χ0) is 13.4. The summed E-state index contributed by atoms with van der Waals surface area (Å²) in [5.41, 5.74) is 0.105. The molecule has 4 heteroatoms. The van der Waals surface area contributed by atoms with E-state index in [9.17, 15) is 4.79 Å². The largest absolute Gasteiger partial charge is 0.481 e. The highest BCUT2D eigenvalue weighted by Gasteiger charge is 2.18. The van der Waals surface area contributed by atoms with Gasteiger partial charge < -0.3 is 10.4 Å². The van der Waals surface area contributed by atoms with Crippen molar-refractivity contribution in [1.29, 1.82) is 0 Å². The zero-order valence-electron chi connectivity index (χ0n) is 11.2. The van der Waals surface area contributed by atoms with Gasteiger partial charge in [-0.25, -0.2) is 0 Å². The Morgan fingerprint density at radius 1 is 1.39 bits per heavy atom. The van der Waals surface area contributed by atoms with Crippen LogP contribution < -0.4 is 5.32 Å². The van der Waals surface area contributed by atoms with Crippen LogP contribution in [0.3, 0.4) is 0 Å². The van der Waals surface area contributed by atoms with Crippen LogP contribution in [-0.4, -0.2) is 24.2 Å². The topological polar surface area (TPSA) is 49.3 Å². The number of carbonyl (C=O) groups is 1. The first-order valence-electron chi connectivity index (χ1n) is 6.44. The Kier molecular flexibility index (Phi) is 6.36. The molecule has 0 aromatic carbocycles. The number of hydrogen-bond donors (Lipinski definition) is 2. The number of thiophene rings is 1. The summed E-state index contributed by atoms with van der Waals surface area (Å²) in [5.74, 6) is -0.700. The van der Waals surface area contributed by atoms with Crippen LogP contribution >= 0.6 is 11.3 Å². The van der Waals surface area contributed by atoms with Crippen LogP contribution in [-0.2, 0) is 11.2 Å². The molecule has 18 heavy (non-hydrogen) atoms. The lowest BCUT2D eigenvalue weighted by atomic mass is 9.84. The minimum atomic E-state index is -0.700. The van der Waals surface area contributed by atoms with Crippen LogP contribution in [0.25, 0.3) is 0 Å². The Morgan fingerprint density at radius 2 is 2.17 bits per heavy atom. The smallest absolute Gasteiger partial charge is 0.303 e. The molecule has 1 aromatic heterocycles. The average Bonchev–Trinajstić information content (AvgIpc) is 2.79. The van der Waals surface area contributed by atoms with E-state index in [4.69, 9.17) is 5.11 Å². The van der Waals surface area contributed by atoms with E-state index < -0.39 is 5.97 Å². The summed E-state index contributed by atoms with van der Waals surface area (Å²) in [7, 11) is 0. The standard InChI is InChI=1S/C14H23NO2S/c1-14(2,7-5-13(16)17)8-10-15-9-6-12-4-3-11-18-12/h3-4,11,15H,5-10H2,1-2H3,(H,16,17). The Morgan fingerprint density at radius 3 is 2.78 bits per heavy atom. The summed E-state index contributed by atoms with van der Waals surface area (Å²) >= 11 is 1.79. The fraction of sp³-hybridized carbons (Fsp3) is 0.643. The Bertz CT molecular complexity index is 347. The second-order valence-electron chi connectivity index (χ2n) is 5.39. The van der Waals surface area contributed by atoms with E-state index in [1.54, 1.807) is 11.3 Å². The molecule has 1 heterocycles. The summed E-state index contributed by atoms with van der Waals surface area (Å²) in [5, 5.41) is 14.2. The van der Waals surface area contributed by atoms with Gasteiger partial charge in [-0.15, -0.1) is 11.3 Å². The molecule has 102 valence electrons. The lowest BCUT2D eigenvalue weighted by Gasteiger charge is -2.23. The number of aliphatic carboxylic acids is 1. The van der Waals surface area contributed by atoms with Crippen molar-refractivity contribution in [3.8, 4) is 0 Å². The first-order chi connectivity index (χ1) is 8.49. The van der Waals surface area contributed by atoms with Crippen molar-refractivity contribution < 1.29 is 9.90 Å². The fourth-order valence-electron chi connectivity index (χ4n) is 1.79. The number of rotatable bonds is 9. The van der Waals surface area contributed by atoms with Gasteiger partial charge in [0.25, 0.3) is 0 Å². The molecule has 0 atom stereocenters. The maximum atomic E-state index is 10.5. The molecule has 0 saturated heterocycles. The van der Waals surface area contributed by atoms with Crippen molar-refractivity contribution in [2.75, 3.05) is 13.1 Å². The minimum absolute atomic E-state index is 0.105. The van der Waals surface area contributed by atoms with Crippen molar-refractivity contribution in [3.63, 3.8) is 0 Å². The zero-order valence-corrected chi connectivity index (χ0v) is 12.1. The molecule has 0 unspecified atom stereocenters. The molecule has 0 aliphatic rings. The van der Waals surface area contributed by atoms with Gasteiger partial charge in [-0.2, -0.15) is 0 Å². The van der Waals surface area contributed by atoms with Gasteiger partial charge in [0.15, 0.2) is 0 Å². The molecule has 0 bridgehead atoms. The highest BCUT2D eigenvalue weighted by molar-refractivity contribution is 7.09. The summed E-state index contributed by atoms with van der Waals surface area (Å²) < 4.78 is 0. The predicted octanol–water partition coefficient (Wildman–Crippen LogP) is 3.16. The molecule has 0 fully saturated rings. The second-order valence-corrected chi connectivity index (χ2v) is 6.42. The fourth-order valence-corrected chi connectivity index (χ4v) is 2.50. The lowest BCUT2D eigenvalue weighted by molar-refractivity contribution is -0.137. The number of carboxylic acid groups (broad SMARTS) is 1. The van der Waals surface area contributed by atoms with Gasteiger partial charge in [-0.1, -0.05) is 19.9 Å². The SMILES string of the molecule is CC(C)(CCNCCc1cccs1)CCC(=O)O. The lowest BCUT2D eigenvalue weighted by Crippen LogP contribution is -2.24. The predicted molar refractivity (Wildman–Crippen MR) is 76.2 cm³/mol. The molecule has 0 aliphatic carbocycles. The third-order valence-corrected chi connectivity index (χ3v) is 4.06. The molecule has 0 aliphatic heterocycles. The molecule has 3 nitrogen and oxygen atoms in total. The Hall–Kier alpha value is -0.870. The molecule has 0 spiro atoms. The van der Waals surface area contributed by atoms with Crippen LogP contribution in [0.15, 0.2) is 17.5 Å². The van der Waals surface area contributed by atoms with Crippen LogP contribution in [0.1, 0.15) is 38.0 Å². The Labute approximate surface area is 113 Å². The molecule has 0 amide bonds. The first-order valence-corrected chi connectivity index (χ1v) is 7.32. The van der Waals surface area contributed by atoms with Crippen molar-refractivity contribution in [1.82, 2.24) is 5.32 Å². The summed E-state index contributed by atoms with van der Waals surface area (Å²) in [6.07, 6.45) is 3.11. The summed E-state index contributed by atoms with van der Waals surface area (Å²) in [4.78, 5) is 11.9. The van der Waals surface area contributed by atoms with E-state index in [-0.39, 0.29) is 11.8 Å². The average molecular weight is 269 g/mol. The quantitative estimate of drug-likeness (QED) is 0.677. The van der Waals surface area contributed by atoms with Crippen molar-refractivity contribution in [2.24, 2.45) is 5.41 Å². The van der Waals surface area contributed by atoms with Gasteiger partial charge in [0.05, 0.1) is 0 Å². The van der Waals surface area contributed by atoms with Crippen LogP contribution in [0.2, 0.25) is 0 Å². The molecular formula is C14H23NO2S. The van der Waals surface area contributed by atoms with Gasteiger partial charge in [-0.05, 0) is 49.2 Å². The number of hydrogen-bond acceptors (Lipinski definition) is 3. The maximum Gasteiger partial charge on any atom is 0.303 e. The van der Waals surface area contributed by atoms with E-state index in [2.05, 4.69) is 36.7 Å². The summed E-state index contributed by atoms with van der Waals surface area (Å²) in [6, 6.07) is 4.23. The number of nitrogens with one attached hydrogen (secondary N) is 1. The van der Waals surface area contributed by atoms with Gasteiger partial charge in [-0.3, -0.25) is 4.79 Å². The maximum absolute atomic E-state index is 10.5. The first kappa shape index (κ1) is 15.2. The van der Waals surface area contributed by atoms with Gasteiger partial charge in [0.2, 0.25) is 0 Å². The molecule has 1 aromatic rings. The molecule has 2 N–H and O–H groups in total. The van der Waals surface area contributed by atoms with E-state index in [1.165, 1.54) is 4.88 Å². The van der Waals surface area contributed by atoms with Crippen molar-refractivity contribution in [3.05, 3.63) is 22.4 Å². The number of carboxylic acids is 1. The molecule has 0 radical (unpaired) electrons. The van der Waals surface area contributed by atoms with Gasteiger partial charge in [0, 0.05) is 11.3 Å². The van der Waals surface area contributed by atoms with Crippen LogP contribution in [0.5, 0.6) is 0 Å². The van der Waals surface area contributed by atoms with E-state index >= 15 is 0 Å². The second kappa shape index (κ2) is 7.54. The van der Waals surface area contributed by atoms with Crippen LogP contribution in [0.4, 0.5) is 0 Å². The third kappa shape index (κ3) is 6.77. The highest BCUT2D eigenvalue weighted by atomic mass is 32.1. The summed E-state index contributed by atoms with van der Waals surface area (Å²) in [6.45, 7) is 6.22.